The maximum Gasteiger partial charge on any atom is 0.117 e. The van der Waals surface area contributed by atoms with E-state index in [1.807, 2.05) is 0 Å². The third-order valence-electron chi connectivity index (χ3n) is 2.46. The molecule has 0 aliphatic carbocycles. The highest BCUT2D eigenvalue weighted by Crippen LogP contribution is 2.27. The summed E-state index contributed by atoms with van der Waals surface area (Å²) in [5, 5.41) is 27.9. The Morgan fingerprint density at radius 1 is 1.54 bits per heavy atom. The molecule has 1 saturated heterocycles. The van der Waals surface area contributed by atoms with Crippen molar-refractivity contribution in [2.75, 3.05) is 20.3 Å². The largest absolute Gasteiger partial charge is 0.393 e. The van der Waals surface area contributed by atoms with E-state index in [0.717, 1.165) is 0 Å². The first kappa shape index (κ1) is 10.9. The van der Waals surface area contributed by atoms with Crippen LogP contribution in [0.5, 0.6) is 0 Å². The molecule has 0 aromatic rings. The number of hydrogen-bond acceptors (Lipinski definition) is 5. The molecule has 1 fully saturated rings. The molecule has 0 radical (unpaired) electrons. The zero-order valence-electron chi connectivity index (χ0n) is 7.80. The van der Waals surface area contributed by atoms with Crippen LogP contribution in [-0.2, 0) is 9.47 Å². The lowest BCUT2D eigenvalue weighted by Crippen LogP contribution is -2.61. The fraction of sp³-hybridized carbons (Fsp3) is 1.00. The van der Waals surface area contributed by atoms with Crippen LogP contribution in [0, 0.1) is 0 Å². The summed E-state index contributed by atoms with van der Waals surface area (Å²) in [4.78, 5) is 0. The fourth-order valence-corrected chi connectivity index (χ4v) is 1.54. The van der Waals surface area contributed by atoms with Gasteiger partial charge < -0.3 is 24.8 Å². The van der Waals surface area contributed by atoms with Gasteiger partial charge in [-0.1, -0.05) is 0 Å². The number of rotatable bonds is 2. The summed E-state index contributed by atoms with van der Waals surface area (Å²) in [5.41, 5.74) is -0.937. The van der Waals surface area contributed by atoms with E-state index in [-0.39, 0.29) is 13.2 Å². The molecule has 0 amide bonds. The quantitative estimate of drug-likeness (QED) is 0.496. The molecule has 0 saturated carbocycles. The zero-order chi connectivity index (χ0) is 10.1. The van der Waals surface area contributed by atoms with Gasteiger partial charge in [0.2, 0.25) is 0 Å². The van der Waals surface area contributed by atoms with Crippen molar-refractivity contribution in [3.63, 3.8) is 0 Å². The van der Waals surface area contributed by atoms with Gasteiger partial charge in [0.05, 0.1) is 13.2 Å². The van der Waals surface area contributed by atoms with Crippen LogP contribution < -0.4 is 0 Å². The summed E-state index contributed by atoms with van der Waals surface area (Å²) in [6, 6.07) is 0. The summed E-state index contributed by atoms with van der Waals surface area (Å²) in [6.07, 6.45) is -2.68. The minimum atomic E-state index is -1.02. The standard InChI is InChI=1S/C8H16O5/c1-8(4-9)7(12-2)6(11)5(10)3-13-8/h5-7,9-11H,3-4H2,1-2H3/t5-,6+,7+,8+/m0/s1. The predicted molar refractivity (Wildman–Crippen MR) is 44.3 cm³/mol. The Morgan fingerprint density at radius 2 is 2.15 bits per heavy atom. The molecule has 5 nitrogen and oxygen atoms in total. The first-order valence-electron chi connectivity index (χ1n) is 4.19. The normalized spacial score (nSPS) is 46.4. The summed E-state index contributed by atoms with van der Waals surface area (Å²) >= 11 is 0. The third-order valence-corrected chi connectivity index (χ3v) is 2.46. The lowest BCUT2D eigenvalue weighted by molar-refractivity contribution is -0.247. The van der Waals surface area contributed by atoms with Gasteiger partial charge in [-0.05, 0) is 6.92 Å². The Labute approximate surface area is 76.9 Å². The Bertz CT molecular complexity index is 174. The van der Waals surface area contributed by atoms with Crippen molar-refractivity contribution in [3.8, 4) is 0 Å². The van der Waals surface area contributed by atoms with E-state index in [4.69, 9.17) is 14.6 Å². The van der Waals surface area contributed by atoms with Crippen molar-refractivity contribution in [1.82, 2.24) is 0 Å². The van der Waals surface area contributed by atoms with Gasteiger partial charge in [-0.15, -0.1) is 0 Å². The summed E-state index contributed by atoms with van der Waals surface area (Å²) in [5.74, 6) is 0. The Kier molecular flexibility index (Phi) is 3.26. The van der Waals surface area contributed by atoms with Crippen molar-refractivity contribution >= 4 is 0 Å². The molecule has 1 heterocycles. The van der Waals surface area contributed by atoms with Crippen LogP contribution in [0.1, 0.15) is 6.92 Å². The molecule has 0 aromatic heterocycles. The number of aliphatic hydroxyl groups is 3. The van der Waals surface area contributed by atoms with Crippen molar-refractivity contribution in [1.29, 1.82) is 0 Å². The highest BCUT2D eigenvalue weighted by molar-refractivity contribution is 4.96. The highest BCUT2D eigenvalue weighted by atomic mass is 16.6. The number of hydrogen-bond donors (Lipinski definition) is 3. The summed E-state index contributed by atoms with van der Waals surface area (Å²) in [7, 11) is 1.41. The maximum absolute atomic E-state index is 9.54. The molecule has 0 aromatic carbocycles. The topological polar surface area (TPSA) is 79.2 Å². The molecule has 78 valence electrons. The maximum atomic E-state index is 9.54. The van der Waals surface area contributed by atoms with Gasteiger partial charge in [0, 0.05) is 7.11 Å². The van der Waals surface area contributed by atoms with Gasteiger partial charge in [-0.3, -0.25) is 0 Å². The predicted octanol–water partition coefficient (Wildman–Crippen LogP) is -1.50. The zero-order valence-corrected chi connectivity index (χ0v) is 7.80. The van der Waals surface area contributed by atoms with Gasteiger partial charge in [0.25, 0.3) is 0 Å². The van der Waals surface area contributed by atoms with E-state index < -0.39 is 23.9 Å². The first-order valence-corrected chi connectivity index (χ1v) is 4.19. The van der Waals surface area contributed by atoms with Crippen LogP contribution in [-0.4, -0.2) is 59.6 Å². The van der Waals surface area contributed by atoms with Crippen molar-refractivity contribution in [3.05, 3.63) is 0 Å². The van der Waals surface area contributed by atoms with Gasteiger partial charge >= 0.3 is 0 Å². The van der Waals surface area contributed by atoms with E-state index in [0.29, 0.717) is 0 Å². The average Bonchev–Trinajstić information content (AvgIpc) is 2.13. The molecular formula is C8H16O5. The van der Waals surface area contributed by atoms with Gasteiger partial charge in [0.15, 0.2) is 0 Å². The molecule has 0 bridgehead atoms. The van der Waals surface area contributed by atoms with Crippen LogP contribution in [0.2, 0.25) is 0 Å². The SMILES string of the molecule is CO[C@@H]1[C@H](O)[C@@H](O)CO[C@]1(C)CO. The van der Waals surface area contributed by atoms with Crippen LogP contribution in [0.3, 0.4) is 0 Å². The molecule has 0 unspecified atom stereocenters. The second-order valence-electron chi connectivity index (χ2n) is 3.50. The highest BCUT2D eigenvalue weighted by Gasteiger charge is 2.47. The summed E-state index contributed by atoms with van der Waals surface area (Å²) < 4.78 is 10.2. The molecule has 0 spiro atoms. The lowest BCUT2D eigenvalue weighted by Gasteiger charge is -2.43. The van der Waals surface area contributed by atoms with Gasteiger partial charge in [0.1, 0.15) is 23.9 Å². The van der Waals surface area contributed by atoms with E-state index in [2.05, 4.69) is 0 Å². The monoisotopic (exact) mass is 192 g/mol. The van der Waals surface area contributed by atoms with Crippen LogP contribution >= 0.6 is 0 Å². The average molecular weight is 192 g/mol. The fourth-order valence-electron chi connectivity index (χ4n) is 1.54. The molecule has 4 atom stereocenters. The minimum Gasteiger partial charge on any atom is -0.393 e. The minimum absolute atomic E-state index is 0.0120. The van der Waals surface area contributed by atoms with Gasteiger partial charge in [-0.25, -0.2) is 0 Å². The van der Waals surface area contributed by atoms with E-state index in [9.17, 15) is 10.2 Å². The molecule has 1 aliphatic rings. The molecule has 3 N–H and O–H groups in total. The Balaban J connectivity index is 2.77. The van der Waals surface area contributed by atoms with Crippen molar-refractivity contribution in [2.45, 2.75) is 30.8 Å². The van der Waals surface area contributed by atoms with E-state index in [1.165, 1.54) is 7.11 Å². The van der Waals surface area contributed by atoms with Crippen molar-refractivity contribution < 1.29 is 24.8 Å². The van der Waals surface area contributed by atoms with E-state index >= 15 is 0 Å². The van der Waals surface area contributed by atoms with Crippen LogP contribution in [0.15, 0.2) is 0 Å². The molecule has 1 aliphatic heterocycles. The number of ether oxygens (including phenoxy) is 2. The lowest BCUT2D eigenvalue weighted by atomic mass is 9.89. The smallest absolute Gasteiger partial charge is 0.117 e. The summed E-state index contributed by atoms with van der Waals surface area (Å²) in [6.45, 7) is 1.39. The van der Waals surface area contributed by atoms with Crippen molar-refractivity contribution in [2.24, 2.45) is 0 Å². The van der Waals surface area contributed by atoms with Crippen LogP contribution in [0.4, 0.5) is 0 Å². The molecule has 5 heteroatoms. The number of aliphatic hydroxyl groups excluding tert-OH is 3. The van der Waals surface area contributed by atoms with E-state index in [1.54, 1.807) is 6.92 Å². The third kappa shape index (κ3) is 1.84. The first-order chi connectivity index (χ1) is 6.05. The molecular weight excluding hydrogens is 176 g/mol. The Morgan fingerprint density at radius 3 is 2.62 bits per heavy atom. The molecule has 1 rings (SSSR count). The van der Waals surface area contributed by atoms with Gasteiger partial charge in [-0.2, -0.15) is 0 Å². The number of methoxy groups -OCH3 is 1. The second kappa shape index (κ2) is 3.89. The van der Waals surface area contributed by atoms with Crippen LogP contribution in [0.25, 0.3) is 0 Å². The Hall–Kier alpha value is -0.200. The second-order valence-corrected chi connectivity index (χ2v) is 3.50. The molecule has 13 heavy (non-hydrogen) atoms.